The number of carboxylic acids is 1. The third-order valence-corrected chi connectivity index (χ3v) is 9.09. The van der Waals surface area contributed by atoms with Gasteiger partial charge in [-0.25, -0.2) is 0 Å². The van der Waals surface area contributed by atoms with E-state index in [1.54, 1.807) is 13.0 Å². The fourth-order valence-electron chi connectivity index (χ4n) is 7.35. The molecule has 0 aromatic carbocycles. The number of rotatable bonds is 7. The fraction of sp³-hybridized carbons (Fsp3) is 0.630. The largest absolute Gasteiger partial charge is 0.481 e. The minimum Gasteiger partial charge on any atom is -0.481 e. The van der Waals surface area contributed by atoms with Gasteiger partial charge in [0.05, 0.1) is 12.8 Å². The molecule has 37 heavy (non-hydrogen) atoms. The highest BCUT2D eigenvalue weighted by Crippen LogP contribution is 2.66. The summed E-state index contributed by atoms with van der Waals surface area (Å²) in [4.78, 5) is 73.8. The Kier molecular flexibility index (Phi) is 6.77. The molecule has 7 atom stereocenters. The Morgan fingerprint density at radius 2 is 1.84 bits per heavy atom. The molecule has 200 valence electrons. The van der Waals surface area contributed by atoms with Gasteiger partial charge in [0.25, 0.3) is 0 Å². The second kappa shape index (κ2) is 9.31. The van der Waals surface area contributed by atoms with E-state index < -0.39 is 65.2 Å². The van der Waals surface area contributed by atoms with E-state index in [4.69, 9.17) is 14.6 Å². The Hall–Kier alpha value is -3.14. The van der Waals surface area contributed by atoms with Gasteiger partial charge in [0.2, 0.25) is 5.78 Å². The van der Waals surface area contributed by atoms with E-state index in [0.717, 1.165) is 0 Å². The van der Waals surface area contributed by atoms with Gasteiger partial charge in [-0.3, -0.25) is 28.8 Å². The number of carboxylic acid groups (broad SMARTS) is 1. The number of carbonyl (C=O) groups excluding carboxylic acids is 5. The number of aliphatic hydroxyl groups is 1. The van der Waals surface area contributed by atoms with Crippen molar-refractivity contribution in [3.63, 3.8) is 0 Å². The summed E-state index contributed by atoms with van der Waals surface area (Å²) in [7, 11) is 0. The number of allylic oxidation sites excluding steroid dienone is 3. The third kappa shape index (κ3) is 4.35. The molecule has 2 N–H and O–H groups in total. The van der Waals surface area contributed by atoms with Crippen LogP contribution in [0, 0.1) is 28.6 Å². The minimum absolute atomic E-state index is 0.0606. The van der Waals surface area contributed by atoms with Gasteiger partial charge in [-0.15, -0.1) is 0 Å². The number of Topliss-reactive ketones (excluding diaryl/α,β-unsaturated/α-hetero) is 2. The quantitative estimate of drug-likeness (QED) is 0.477. The molecule has 4 aliphatic rings. The molecule has 0 aliphatic heterocycles. The van der Waals surface area contributed by atoms with Gasteiger partial charge in [-0.1, -0.05) is 19.9 Å². The first-order chi connectivity index (χ1) is 17.2. The Balaban J connectivity index is 1.69. The van der Waals surface area contributed by atoms with E-state index >= 15 is 0 Å². The first-order valence-corrected chi connectivity index (χ1v) is 12.5. The maximum absolute atomic E-state index is 13.8. The van der Waals surface area contributed by atoms with E-state index in [-0.39, 0.29) is 49.1 Å². The molecule has 0 aromatic heterocycles. The number of fused-ring (bicyclic) bond motifs is 5. The van der Waals surface area contributed by atoms with E-state index in [2.05, 4.69) is 0 Å². The van der Waals surface area contributed by atoms with Crippen molar-refractivity contribution in [3.05, 3.63) is 23.8 Å². The maximum atomic E-state index is 13.8. The molecule has 0 amide bonds. The van der Waals surface area contributed by atoms with E-state index in [1.165, 1.54) is 19.1 Å². The van der Waals surface area contributed by atoms with E-state index in [9.17, 15) is 33.9 Å². The predicted molar refractivity (Wildman–Crippen MR) is 126 cm³/mol. The summed E-state index contributed by atoms with van der Waals surface area (Å²) in [6.07, 6.45) is 3.54. The maximum Gasteiger partial charge on any atom is 0.306 e. The SMILES string of the molecule is CC(=O)OCC(=O)[C@@]1(O)CC[C@H]2[C@@H]3CC(OC(=O)CCC(=O)O)C4=CC(=O)C=C[C@]4(C)[C@H]3C(=O)C[C@@]21C. The first-order valence-electron chi connectivity index (χ1n) is 12.5. The Morgan fingerprint density at radius 3 is 2.49 bits per heavy atom. The summed E-state index contributed by atoms with van der Waals surface area (Å²) in [6.45, 7) is 4.12. The Bertz CT molecular complexity index is 1130. The van der Waals surface area contributed by atoms with Crippen molar-refractivity contribution >= 4 is 35.3 Å². The zero-order chi connectivity index (χ0) is 27.3. The van der Waals surface area contributed by atoms with Crippen LogP contribution in [0.15, 0.2) is 23.8 Å². The molecule has 0 spiro atoms. The summed E-state index contributed by atoms with van der Waals surface area (Å²) in [5.41, 5.74) is -3.40. The summed E-state index contributed by atoms with van der Waals surface area (Å²) < 4.78 is 10.6. The molecular weight excluding hydrogens is 484 g/mol. The van der Waals surface area contributed by atoms with Crippen LogP contribution in [0.3, 0.4) is 0 Å². The van der Waals surface area contributed by atoms with Crippen molar-refractivity contribution in [1.82, 2.24) is 0 Å². The van der Waals surface area contributed by atoms with Crippen LogP contribution in [0.1, 0.15) is 59.3 Å². The van der Waals surface area contributed by atoms with Crippen LogP contribution in [0.4, 0.5) is 0 Å². The Morgan fingerprint density at radius 1 is 1.14 bits per heavy atom. The van der Waals surface area contributed by atoms with Gasteiger partial charge < -0.3 is 19.7 Å². The van der Waals surface area contributed by atoms with Gasteiger partial charge in [0.1, 0.15) is 17.5 Å². The van der Waals surface area contributed by atoms with Crippen molar-refractivity contribution in [2.75, 3.05) is 6.61 Å². The van der Waals surface area contributed by atoms with Gasteiger partial charge in [0.15, 0.2) is 12.4 Å². The number of aliphatic carboxylic acids is 1. The molecule has 3 fully saturated rings. The fourth-order valence-corrected chi connectivity index (χ4v) is 7.35. The summed E-state index contributed by atoms with van der Waals surface area (Å²) in [5.74, 6) is -4.84. The van der Waals surface area contributed by atoms with Crippen molar-refractivity contribution in [3.8, 4) is 0 Å². The van der Waals surface area contributed by atoms with Crippen molar-refractivity contribution in [1.29, 1.82) is 0 Å². The molecule has 10 nitrogen and oxygen atoms in total. The molecule has 1 unspecified atom stereocenters. The van der Waals surface area contributed by atoms with E-state index in [1.807, 2.05) is 6.92 Å². The average Bonchev–Trinajstić information content (AvgIpc) is 3.08. The number of hydrogen-bond acceptors (Lipinski definition) is 9. The smallest absolute Gasteiger partial charge is 0.306 e. The molecule has 0 aromatic rings. The lowest BCUT2D eigenvalue weighted by Gasteiger charge is -2.57. The van der Waals surface area contributed by atoms with Crippen LogP contribution in [0.2, 0.25) is 0 Å². The molecule has 0 saturated heterocycles. The number of esters is 2. The molecule has 3 saturated carbocycles. The van der Waals surface area contributed by atoms with Crippen molar-refractivity contribution < 1.29 is 48.5 Å². The van der Waals surface area contributed by atoms with Gasteiger partial charge in [-0.2, -0.15) is 0 Å². The van der Waals surface area contributed by atoms with Crippen LogP contribution in [0.25, 0.3) is 0 Å². The second-order valence-electron chi connectivity index (χ2n) is 11.1. The first kappa shape index (κ1) is 26.9. The number of ketones is 3. The Labute approximate surface area is 214 Å². The lowest BCUT2D eigenvalue weighted by atomic mass is 9.46. The summed E-state index contributed by atoms with van der Waals surface area (Å²) in [5, 5.41) is 20.5. The highest BCUT2D eigenvalue weighted by Gasteiger charge is 2.69. The molecule has 10 heteroatoms. The van der Waals surface area contributed by atoms with Gasteiger partial charge in [-0.05, 0) is 48.8 Å². The van der Waals surface area contributed by atoms with Gasteiger partial charge >= 0.3 is 17.9 Å². The molecule has 4 rings (SSSR count). The van der Waals surface area contributed by atoms with Crippen molar-refractivity contribution in [2.24, 2.45) is 28.6 Å². The third-order valence-electron chi connectivity index (χ3n) is 9.09. The predicted octanol–water partition coefficient (Wildman–Crippen LogP) is 1.72. The van der Waals surface area contributed by atoms with Gasteiger partial charge in [0, 0.05) is 30.1 Å². The zero-order valence-electron chi connectivity index (χ0n) is 21.2. The normalized spacial score (nSPS) is 38.1. The minimum atomic E-state index is -1.86. The van der Waals surface area contributed by atoms with Crippen molar-refractivity contribution in [2.45, 2.75) is 71.0 Å². The highest BCUT2D eigenvalue weighted by atomic mass is 16.5. The monoisotopic (exact) mass is 516 g/mol. The highest BCUT2D eigenvalue weighted by molar-refractivity contribution is 6.02. The topological polar surface area (TPSA) is 161 Å². The zero-order valence-corrected chi connectivity index (χ0v) is 21.2. The molecule has 4 aliphatic carbocycles. The van der Waals surface area contributed by atoms with Crippen LogP contribution < -0.4 is 0 Å². The standard InChI is InChI=1S/C27H32O10/c1-14(28)36-13-21(31)27(35)9-7-17-16-11-20(37-23(34)5-4-22(32)33)18-10-15(29)6-8-25(18,2)24(16)19(30)12-26(17,27)3/h6,8,10,16-17,20,24,35H,4-5,7,9,11-13H2,1-3H3,(H,32,33)/t16-,17-,20?,24+,25-,26-,27-/m0/s1. The summed E-state index contributed by atoms with van der Waals surface area (Å²) in [6, 6.07) is 0. The van der Waals surface area contributed by atoms with E-state index in [0.29, 0.717) is 12.0 Å². The van der Waals surface area contributed by atoms with Crippen LogP contribution in [-0.2, 0) is 38.2 Å². The van der Waals surface area contributed by atoms with Crippen LogP contribution >= 0.6 is 0 Å². The molecule has 0 radical (unpaired) electrons. The van der Waals surface area contributed by atoms with Crippen LogP contribution in [0.5, 0.6) is 0 Å². The molecule has 0 heterocycles. The molecule has 0 bridgehead atoms. The number of carbonyl (C=O) groups is 6. The second-order valence-corrected chi connectivity index (χ2v) is 11.1. The number of ether oxygens (including phenoxy) is 2. The van der Waals surface area contributed by atoms with Crippen LogP contribution in [-0.4, -0.2) is 63.8 Å². The average molecular weight is 517 g/mol. The summed E-state index contributed by atoms with van der Waals surface area (Å²) >= 11 is 0. The lowest BCUT2D eigenvalue weighted by Crippen LogP contribution is -2.62. The number of hydrogen-bond donors (Lipinski definition) is 2. The lowest BCUT2D eigenvalue weighted by molar-refractivity contribution is -0.175. The molecular formula is C27H32O10.